The lowest BCUT2D eigenvalue weighted by atomic mass is 10.1. The summed E-state index contributed by atoms with van der Waals surface area (Å²) in [6.45, 7) is -1.17. The van der Waals surface area contributed by atoms with Crippen molar-refractivity contribution in [2.75, 3.05) is 13.2 Å². The van der Waals surface area contributed by atoms with E-state index in [1.807, 2.05) is 6.07 Å². The van der Waals surface area contributed by atoms with Crippen molar-refractivity contribution < 1.29 is 30.0 Å². The topological polar surface area (TPSA) is 127 Å². The van der Waals surface area contributed by atoms with E-state index in [9.17, 15) is 14.7 Å². The van der Waals surface area contributed by atoms with Gasteiger partial charge in [0.25, 0.3) is 0 Å². The number of carbonyl (C=O) groups excluding carboxylic acids is 1. The maximum absolute atomic E-state index is 11.5. The van der Waals surface area contributed by atoms with Crippen LogP contribution in [0.2, 0.25) is 0 Å². The fourth-order valence-corrected chi connectivity index (χ4v) is 1.74. The van der Waals surface area contributed by atoms with Crippen LogP contribution in [0.4, 0.5) is 0 Å². The Morgan fingerprint density at radius 2 is 1.76 bits per heavy atom. The van der Waals surface area contributed by atoms with E-state index in [1.54, 1.807) is 24.3 Å². The summed E-state index contributed by atoms with van der Waals surface area (Å²) in [5.74, 6) is -1.90. The first-order chi connectivity index (χ1) is 9.95. The van der Waals surface area contributed by atoms with E-state index in [0.29, 0.717) is 0 Å². The van der Waals surface area contributed by atoms with Crippen LogP contribution in [0.25, 0.3) is 0 Å². The Balaban J connectivity index is 2.56. The summed E-state index contributed by atoms with van der Waals surface area (Å²) in [5, 5.41) is 38.8. The Morgan fingerprint density at radius 1 is 1.14 bits per heavy atom. The van der Waals surface area contributed by atoms with E-state index >= 15 is 0 Å². The summed E-state index contributed by atoms with van der Waals surface area (Å²) in [7, 11) is 0. The van der Waals surface area contributed by atoms with Crippen LogP contribution in [-0.4, -0.2) is 63.6 Å². The number of carboxylic acids is 1. The van der Waals surface area contributed by atoms with Crippen LogP contribution in [0.1, 0.15) is 5.56 Å². The van der Waals surface area contributed by atoms with Gasteiger partial charge in [-0.05, 0) is 12.0 Å². The molecule has 7 heteroatoms. The largest absolute Gasteiger partial charge is 0.480 e. The molecule has 0 unspecified atom stereocenters. The SMILES string of the molecule is O=C(O)[C@H](Cc1ccccc1)NCC(=O)[C@@H](O)[C@H](O)CO. The van der Waals surface area contributed by atoms with E-state index in [0.717, 1.165) is 5.56 Å². The van der Waals surface area contributed by atoms with Crippen molar-refractivity contribution in [1.82, 2.24) is 5.32 Å². The van der Waals surface area contributed by atoms with Crippen molar-refractivity contribution >= 4 is 11.8 Å². The lowest BCUT2D eigenvalue weighted by Crippen LogP contribution is -2.46. The Bertz CT molecular complexity index is 464. The molecule has 0 aliphatic heterocycles. The second-order valence-corrected chi connectivity index (χ2v) is 4.62. The molecule has 7 nitrogen and oxygen atoms in total. The predicted molar refractivity (Wildman–Crippen MR) is 73.7 cm³/mol. The van der Waals surface area contributed by atoms with Crippen LogP contribution in [0.3, 0.4) is 0 Å². The Hall–Kier alpha value is -1.80. The number of carbonyl (C=O) groups is 2. The third-order valence-corrected chi connectivity index (χ3v) is 2.98. The van der Waals surface area contributed by atoms with Gasteiger partial charge >= 0.3 is 5.97 Å². The molecule has 3 atom stereocenters. The molecule has 0 aromatic heterocycles. The van der Waals surface area contributed by atoms with Gasteiger partial charge in [0, 0.05) is 0 Å². The van der Waals surface area contributed by atoms with Gasteiger partial charge in [-0.2, -0.15) is 0 Å². The standard InChI is InChI=1S/C14H19NO6/c16-8-12(18)13(19)11(17)7-15-10(14(20)21)6-9-4-2-1-3-5-9/h1-5,10,12-13,15-16,18-19H,6-8H2,(H,20,21)/t10-,12+,13+/m0/s1. The lowest BCUT2D eigenvalue weighted by Gasteiger charge is -2.17. The molecule has 0 amide bonds. The molecule has 1 aromatic rings. The summed E-state index contributed by atoms with van der Waals surface area (Å²) in [5.41, 5.74) is 0.792. The number of hydrogen-bond acceptors (Lipinski definition) is 6. The first kappa shape index (κ1) is 17.3. The van der Waals surface area contributed by atoms with E-state index in [-0.39, 0.29) is 6.42 Å². The van der Waals surface area contributed by atoms with Gasteiger partial charge in [0.15, 0.2) is 5.78 Å². The Morgan fingerprint density at radius 3 is 2.29 bits per heavy atom. The number of carboxylic acid groups (broad SMARTS) is 1. The van der Waals surface area contributed by atoms with Gasteiger partial charge in [0.05, 0.1) is 13.2 Å². The van der Waals surface area contributed by atoms with Crippen LogP contribution in [0.5, 0.6) is 0 Å². The maximum Gasteiger partial charge on any atom is 0.321 e. The van der Waals surface area contributed by atoms with Crippen LogP contribution in [0.15, 0.2) is 30.3 Å². The zero-order chi connectivity index (χ0) is 15.8. The molecule has 0 heterocycles. The zero-order valence-corrected chi connectivity index (χ0v) is 11.3. The minimum atomic E-state index is -1.74. The second kappa shape index (κ2) is 8.48. The fourth-order valence-electron chi connectivity index (χ4n) is 1.74. The van der Waals surface area contributed by atoms with E-state index < -0.39 is 43.2 Å². The Kier molecular flexibility index (Phi) is 6.97. The summed E-state index contributed by atoms with van der Waals surface area (Å²) >= 11 is 0. The summed E-state index contributed by atoms with van der Waals surface area (Å²) < 4.78 is 0. The van der Waals surface area contributed by atoms with Gasteiger partial charge in [0.1, 0.15) is 18.2 Å². The zero-order valence-electron chi connectivity index (χ0n) is 11.3. The molecule has 0 spiro atoms. The van der Waals surface area contributed by atoms with Gasteiger partial charge in [-0.15, -0.1) is 0 Å². The number of ketones is 1. The fraction of sp³-hybridized carbons (Fsp3) is 0.429. The maximum atomic E-state index is 11.5. The van der Waals surface area contributed by atoms with E-state index in [1.165, 1.54) is 0 Å². The average molecular weight is 297 g/mol. The highest BCUT2D eigenvalue weighted by Gasteiger charge is 2.25. The molecule has 21 heavy (non-hydrogen) atoms. The van der Waals surface area contributed by atoms with Crippen molar-refractivity contribution in [3.8, 4) is 0 Å². The number of benzene rings is 1. The number of aliphatic hydroxyl groups excluding tert-OH is 3. The molecule has 0 aliphatic carbocycles. The molecule has 0 saturated carbocycles. The second-order valence-electron chi connectivity index (χ2n) is 4.62. The van der Waals surface area contributed by atoms with E-state index in [2.05, 4.69) is 5.32 Å². The van der Waals surface area contributed by atoms with Gasteiger partial charge in [-0.3, -0.25) is 14.9 Å². The minimum absolute atomic E-state index is 0.183. The van der Waals surface area contributed by atoms with Gasteiger partial charge in [-0.25, -0.2) is 0 Å². The molecule has 0 aliphatic rings. The van der Waals surface area contributed by atoms with Crippen molar-refractivity contribution in [3.05, 3.63) is 35.9 Å². The highest BCUT2D eigenvalue weighted by atomic mass is 16.4. The Labute approximate surface area is 121 Å². The first-order valence-corrected chi connectivity index (χ1v) is 6.45. The summed E-state index contributed by atoms with van der Waals surface area (Å²) in [4.78, 5) is 22.7. The van der Waals surface area contributed by atoms with Crippen LogP contribution < -0.4 is 5.32 Å². The smallest absolute Gasteiger partial charge is 0.321 e. The number of hydrogen-bond donors (Lipinski definition) is 5. The molecule has 116 valence electrons. The number of nitrogens with one attached hydrogen (secondary N) is 1. The number of aliphatic hydroxyl groups is 3. The molecular formula is C14H19NO6. The number of Topliss-reactive ketones (excluding diaryl/α,β-unsaturated/α-hetero) is 1. The molecule has 0 radical (unpaired) electrons. The minimum Gasteiger partial charge on any atom is -0.480 e. The molecule has 1 aromatic carbocycles. The molecule has 0 saturated heterocycles. The third-order valence-electron chi connectivity index (χ3n) is 2.98. The van der Waals surface area contributed by atoms with Crippen molar-refractivity contribution in [2.45, 2.75) is 24.7 Å². The highest BCUT2D eigenvalue weighted by Crippen LogP contribution is 2.04. The van der Waals surface area contributed by atoms with Gasteiger partial charge in [0.2, 0.25) is 0 Å². The van der Waals surface area contributed by atoms with Gasteiger partial charge in [-0.1, -0.05) is 30.3 Å². The third kappa shape index (κ3) is 5.60. The quantitative estimate of drug-likeness (QED) is 0.377. The van der Waals surface area contributed by atoms with Crippen LogP contribution in [0, 0.1) is 0 Å². The molecule has 5 N–H and O–H groups in total. The number of rotatable bonds is 9. The predicted octanol–water partition coefficient (Wildman–Crippen LogP) is -1.44. The monoisotopic (exact) mass is 297 g/mol. The van der Waals surface area contributed by atoms with Crippen molar-refractivity contribution in [1.29, 1.82) is 0 Å². The summed E-state index contributed by atoms with van der Waals surface area (Å²) in [6, 6.07) is 7.91. The van der Waals surface area contributed by atoms with Gasteiger partial charge < -0.3 is 20.4 Å². The van der Waals surface area contributed by atoms with Crippen molar-refractivity contribution in [2.24, 2.45) is 0 Å². The highest BCUT2D eigenvalue weighted by molar-refractivity contribution is 5.86. The summed E-state index contributed by atoms with van der Waals surface area (Å²) in [6.07, 6.45) is -3.13. The normalized spacial score (nSPS) is 15.2. The molecule has 1 rings (SSSR count). The average Bonchev–Trinajstić information content (AvgIpc) is 2.50. The first-order valence-electron chi connectivity index (χ1n) is 6.45. The molecule has 0 bridgehead atoms. The molecular weight excluding hydrogens is 278 g/mol. The van der Waals surface area contributed by atoms with Crippen LogP contribution in [-0.2, 0) is 16.0 Å². The lowest BCUT2D eigenvalue weighted by molar-refractivity contribution is -0.140. The van der Waals surface area contributed by atoms with Crippen LogP contribution >= 0.6 is 0 Å². The van der Waals surface area contributed by atoms with Crippen molar-refractivity contribution in [3.63, 3.8) is 0 Å². The van der Waals surface area contributed by atoms with E-state index in [4.69, 9.17) is 15.3 Å². The molecule has 0 fully saturated rings. The number of aliphatic carboxylic acids is 1.